The Kier molecular flexibility index (Phi) is 4.76. The fourth-order valence-corrected chi connectivity index (χ4v) is 1.90. The van der Waals surface area contributed by atoms with Crippen LogP contribution in [0.5, 0.6) is 0 Å². The van der Waals surface area contributed by atoms with Crippen molar-refractivity contribution in [1.29, 1.82) is 0 Å². The molecule has 1 rings (SSSR count). The Morgan fingerprint density at radius 3 is 2.72 bits per heavy atom. The van der Waals surface area contributed by atoms with Crippen molar-refractivity contribution in [3.63, 3.8) is 0 Å². The van der Waals surface area contributed by atoms with Crippen LogP contribution in [0.4, 0.5) is 4.79 Å². The minimum absolute atomic E-state index is 0.0174. The van der Waals surface area contributed by atoms with E-state index in [1.165, 1.54) is 6.08 Å². The number of amides is 2. The number of nitrogens with zero attached hydrogens (tertiary/aromatic N) is 1. The minimum atomic E-state index is -0.491. The highest BCUT2D eigenvalue weighted by molar-refractivity contribution is 5.86. The molecule has 5 nitrogen and oxygen atoms in total. The molecule has 1 aliphatic rings. The van der Waals surface area contributed by atoms with E-state index < -0.39 is 5.60 Å². The van der Waals surface area contributed by atoms with Crippen molar-refractivity contribution in [2.24, 2.45) is 0 Å². The molecule has 18 heavy (non-hydrogen) atoms. The van der Waals surface area contributed by atoms with Crippen molar-refractivity contribution < 1.29 is 14.3 Å². The van der Waals surface area contributed by atoms with Crippen LogP contribution in [0.2, 0.25) is 0 Å². The second kappa shape index (κ2) is 5.89. The summed E-state index contributed by atoms with van der Waals surface area (Å²) in [4.78, 5) is 24.8. The molecule has 2 amide bonds. The van der Waals surface area contributed by atoms with Crippen LogP contribution < -0.4 is 5.32 Å². The fourth-order valence-electron chi connectivity index (χ4n) is 1.90. The molecule has 1 N–H and O–H groups in total. The molecule has 0 unspecified atom stereocenters. The van der Waals surface area contributed by atoms with E-state index in [1.807, 2.05) is 20.8 Å². The van der Waals surface area contributed by atoms with E-state index in [2.05, 4.69) is 11.9 Å². The maximum atomic E-state index is 12.0. The molecule has 1 saturated heterocycles. The number of carbonyl (C=O) groups is 2. The first-order chi connectivity index (χ1) is 8.33. The highest BCUT2D eigenvalue weighted by atomic mass is 16.6. The van der Waals surface area contributed by atoms with Gasteiger partial charge in [-0.05, 0) is 39.7 Å². The maximum absolute atomic E-state index is 12.0. The standard InChI is InChI=1S/C13H22N2O3/c1-5-11(16)14-9-10-7-6-8-15(10)12(17)18-13(2,3)4/h5,10H,1,6-9H2,2-4H3,(H,14,16)/t10-/m0/s1. The summed E-state index contributed by atoms with van der Waals surface area (Å²) >= 11 is 0. The Bertz CT molecular complexity index is 334. The van der Waals surface area contributed by atoms with Crippen LogP contribution in [0.25, 0.3) is 0 Å². The number of likely N-dealkylation sites (tertiary alicyclic amines) is 1. The predicted octanol–water partition coefficient (Wildman–Crippen LogP) is 1.69. The third kappa shape index (κ3) is 4.39. The molecule has 0 aromatic heterocycles. The van der Waals surface area contributed by atoms with Gasteiger partial charge in [0.1, 0.15) is 5.60 Å². The van der Waals surface area contributed by atoms with Crippen LogP contribution in [-0.2, 0) is 9.53 Å². The quantitative estimate of drug-likeness (QED) is 0.780. The number of ether oxygens (including phenoxy) is 1. The number of hydrogen-bond donors (Lipinski definition) is 1. The largest absolute Gasteiger partial charge is 0.444 e. The lowest BCUT2D eigenvalue weighted by Gasteiger charge is -2.28. The third-order valence-corrected chi connectivity index (χ3v) is 2.70. The summed E-state index contributed by atoms with van der Waals surface area (Å²) in [6, 6.07) is 0.0174. The normalized spacial score (nSPS) is 19.5. The topological polar surface area (TPSA) is 58.6 Å². The lowest BCUT2D eigenvalue weighted by Crippen LogP contribution is -2.44. The van der Waals surface area contributed by atoms with E-state index in [9.17, 15) is 9.59 Å². The smallest absolute Gasteiger partial charge is 0.410 e. The van der Waals surface area contributed by atoms with E-state index in [4.69, 9.17) is 4.74 Å². The van der Waals surface area contributed by atoms with E-state index in [0.717, 1.165) is 12.8 Å². The summed E-state index contributed by atoms with van der Waals surface area (Å²) in [6.07, 6.45) is 2.75. The first-order valence-corrected chi connectivity index (χ1v) is 6.23. The van der Waals surface area contributed by atoms with Gasteiger partial charge in [-0.15, -0.1) is 0 Å². The molecule has 102 valence electrons. The number of nitrogens with one attached hydrogen (secondary N) is 1. The Morgan fingerprint density at radius 1 is 1.50 bits per heavy atom. The highest BCUT2D eigenvalue weighted by Crippen LogP contribution is 2.20. The fraction of sp³-hybridized carbons (Fsp3) is 0.692. The minimum Gasteiger partial charge on any atom is -0.444 e. The zero-order valence-corrected chi connectivity index (χ0v) is 11.4. The van der Waals surface area contributed by atoms with Gasteiger partial charge < -0.3 is 15.0 Å². The van der Waals surface area contributed by atoms with Crippen molar-refractivity contribution in [2.45, 2.75) is 45.3 Å². The SMILES string of the molecule is C=CC(=O)NC[C@@H]1CCCN1C(=O)OC(C)(C)C. The van der Waals surface area contributed by atoms with Crippen molar-refractivity contribution >= 4 is 12.0 Å². The molecule has 0 saturated carbocycles. The summed E-state index contributed by atoms with van der Waals surface area (Å²) in [7, 11) is 0. The molecule has 0 bridgehead atoms. The first-order valence-electron chi connectivity index (χ1n) is 6.23. The van der Waals surface area contributed by atoms with Gasteiger partial charge in [-0.2, -0.15) is 0 Å². The molecule has 1 atom stereocenters. The lowest BCUT2D eigenvalue weighted by atomic mass is 10.2. The van der Waals surface area contributed by atoms with Gasteiger partial charge in [0, 0.05) is 13.1 Å². The average Bonchev–Trinajstić information content (AvgIpc) is 2.71. The van der Waals surface area contributed by atoms with Crippen molar-refractivity contribution in [3.8, 4) is 0 Å². The van der Waals surface area contributed by atoms with Gasteiger partial charge in [0.2, 0.25) is 5.91 Å². The molecule has 5 heteroatoms. The van der Waals surface area contributed by atoms with E-state index in [0.29, 0.717) is 13.1 Å². The number of hydrogen-bond acceptors (Lipinski definition) is 3. The number of carbonyl (C=O) groups excluding carboxylic acids is 2. The van der Waals surface area contributed by atoms with Crippen molar-refractivity contribution in [1.82, 2.24) is 10.2 Å². The van der Waals surface area contributed by atoms with Gasteiger partial charge >= 0.3 is 6.09 Å². The summed E-state index contributed by atoms with van der Waals surface area (Å²) < 4.78 is 5.34. The molecule has 1 heterocycles. The highest BCUT2D eigenvalue weighted by Gasteiger charge is 2.31. The third-order valence-electron chi connectivity index (χ3n) is 2.70. The molecule has 0 radical (unpaired) electrons. The number of rotatable bonds is 3. The second-order valence-corrected chi connectivity index (χ2v) is 5.42. The van der Waals surface area contributed by atoms with Gasteiger partial charge in [0.05, 0.1) is 6.04 Å². The second-order valence-electron chi connectivity index (χ2n) is 5.42. The Hall–Kier alpha value is -1.52. The van der Waals surface area contributed by atoms with Gasteiger partial charge in [-0.25, -0.2) is 4.79 Å². The van der Waals surface area contributed by atoms with Crippen LogP contribution in [-0.4, -0.2) is 41.6 Å². The summed E-state index contributed by atoms with van der Waals surface area (Å²) in [6.45, 7) is 10.1. The molecule has 1 aliphatic heterocycles. The molecule has 1 fully saturated rings. The van der Waals surface area contributed by atoms with Crippen molar-refractivity contribution in [2.75, 3.05) is 13.1 Å². The van der Waals surface area contributed by atoms with E-state index >= 15 is 0 Å². The van der Waals surface area contributed by atoms with Crippen LogP contribution in [0.3, 0.4) is 0 Å². The molecule has 0 aliphatic carbocycles. The predicted molar refractivity (Wildman–Crippen MR) is 69.2 cm³/mol. The van der Waals surface area contributed by atoms with Gasteiger partial charge in [-0.3, -0.25) is 4.79 Å². The van der Waals surface area contributed by atoms with Gasteiger partial charge in [0.15, 0.2) is 0 Å². The lowest BCUT2D eigenvalue weighted by molar-refractivity contribution is -0.116. The van der Waals surface area contributed by atoms with Gasteiger partial charge in [0.25, 0.3) is 0 Å². The van der Waals surface area contributed by atoms with Crippen molar-refractivity contribution in [3.05, 3.63) is 12.7 Å². The Morgan fingerprint density at radius 2 is 2.17 bits per heavy atom. The summed E-state index contributed by atoms with van der Waals surface area (Å²) in [5.41, 5.74) is -0.491. The molecule has 0 aromatic rings. The molecular formula is C13H22N2O3. The van der Waals surface area contributed by atoms with E-state index in [-0.39, 0.29) is 18.0 Å². The molecular weight excluding hydrogens is 232 g/mol. The van der Waals surface area contributed by atoms with Crippen LogP contribution in [0, 0.1) is 0 Å². The monoisotopic (exact) mass is 254 g/mol. The van der Waals surface area contributed by atoms with E-state index in [1.54, 1.807) is 4.90 Å². The average molecular weight is 254 g/mol. The van der Waals surface area contributed by atoms with Crippen LogP contribution >= 0.6 is 0 Å². The zero-order valence-electron chi connectivity index (χ0n) is 11.4. The van der Waals surface area contributed by atoms with Gasteiger partial charge in [-0.1, -0.05) is 6.58 Å². The Labute approximate surface area is 108 Å². The maximum Gasteiger partial charge on any atom is 0.410 e. The Balaban J connectivity index is 2.51. The zero-order chi connectivity index (χ0) is 13.8. The van der Waals surface area contributed by atoms with Crippen LogP contribution in [0.1, 0.15) is 33.6 Å². The summed E-state index contributed by atoms with van der Waals surface area (Å²) in [5.74, 6) is -0.217. The molecule has 0 spiro atoms. The first kappa shape index (κ1) is 14.5. The van der Waals surface area contributed by atoms with Crippen LogP contribution in [0.15, 0.2) is 12.7 Å². The molecule has 0 aromatic carbocycles. The summed E-state index contributed by atoms with van der Waals surface area (Å²) in [5, 5.41) is 2.72.